The zero-order valence-corrected chi connectivity index (χ0v) is 13.1. The van der Waals surface area contributed by atoms with Crippen molar-refractivity contribution < 1.29 is 4.74 Å². The molecule has 0 atom stereocenters. The summed E-state index contributed by atoms with van der Waals surface area (Å²) in [5, 5.41) is 2.51. The molecular formula is C21H22O. The summed E-state index contributed by atoms with van der Waals surface area (Å²) < 4.78 is 6.07. The Labute approximate surface area is 132 Å². The van der Waals surface area contributed by atoms with Gasteiger partial charge in [0.25, 0.3) is 0 Å². The highest BCUT2D eigenvalue weighted by Crippen LogP contribution is 2.32. The molecule has 0 aliphatic rings. The SMILES string of the molecule is CCCCCc1ccc(Oc2ccccc2)c2ccccc12. The molecule has 1 nitrogen and oxygen atoms in total. The summed E-state index contributed by atoms with van der Waals surface area (Å²) in [4.78, 5) is 0. The summed E-state index contributed by atoms with van der Waals surface area (Å²) >= 11 is 0. The minimum Gasteiger partial charge on any atom is -0.457 e. The highest BCUT2D eigenvalue weighted by molar-refractivity contribution is 5.91. The van der Waals surface area contributed by atoms with Crippen LogP contribution in [0.25, 0.3) is 10.8 Å². The van der Waals surface area contributed by atoms with Gasteiger partial charge in [-0.3, -0.25) is 0 Å². The molecule has 0 spiro atoms. The van der Waals surface area contributed by atoms with Crippen LogP contribution in [0.5, 0.6) is 11.5 Å². The van der Waals surface area contributed by atoms with Gasteiger partial charge >= 0.3 is 0 Å². The number of benzene rings is 3. The first kappa shape index (κ1) is 14.6. The Morgan fingerprint density at radius 1 is 0.727 bits per heavy atom. The smallest absolute Gasteiger partial charge is 0.135 e. The average Bonchev–Trinajstić information content (AvgIpc) is 2.58. The van der Waals surface area contributed by atoms with Gasteiger partial charge in [0.15, 0.2) is 0 Å². The van der Waals surface area contributed by atoms with Crippen LogP contribution in [0.4, 0.5) is 0 Å². The first-order chi connectivity index (χ1) is 10.9. The maximum Gasteiger partial charge on any atom is 0.135 e. The molecular weight excluding hydrogens is 268 g/mol. The van der Waals surface area contributed by atoms with Gasteiger partial charge in [-0.25, -0.2) is 0 Å². The van der Waals surface area contributed by atoms with Crippen molar-refractivity contribution in [2.24, 2.45) is 0 Å². The fourth-order valence-corrected chi connectivity index (χ4v) is 2.82. The number of aryl methyl sites for hydroxylation is 1. The summed E-state index contributed by atoms with van der Waals surface area (Å²) in [6.45, 7) is 2.24. The zero-order chi connectivity index (χ0) is 15.2. The van der Waals surface area contributed by atoms with E-state index in [1.165, 1.54) is 35.6 Å². The second kappa shape index (κ2) is 7.13. The second-order valence-electron chi connectivity index (χ2n) is 5.64. The largest absolute Gasteiger partial charge is 0.457 e. The first-order valence-corrected chi connectivity index (χ1v) is 8.12. The lowest BCUT2D eigenvalue weighted by molar-refractivity contribution is 0.488. The molecule has 3 aromatic carbocycles. The predicted octanol–water partition coefficient (Wildman–Crippen LogP) is 6.36. The molecule has 0 amide bonds. The normalized spacial score (nSPS) is 10.8. The summed E-state index contributed by atoms with van der Waals surface area (Å²) in [7, 11) is 0. The van der Waals surface area contributed by atoms with Gasteiger partial charge in [-0.1, -0.05) is 68.3 Å². The Kier molecular flexibility index (Phi) is 4.75. The molecule has 0 N–H and O–H groups in total. The minimum absolute atomic E-state index is 0.881. The van der Waals surface area contributed by atoms with E-state index < -0.39 is 0 Å². The maximum absolute atomic E-state index is 6.07. The van der Waals surface area contributed by atoms with E-state index in [1.54, 1.807) is 0 Å². The summed E-state index contributed by atoms with van der Waals surface area (Å²) in [5.74, 6) is 1.81. The molecule has 0 aliphatic heterocycles. The van der Waals surface area contributed by atoms with Crippen molar-refractivity contribution >= 4 is 10.8 Å². The highest BCUT2D eigenvalue weighted by atomic mass is 16.5. The second-order valence-corrected chi connectivity index (χ2v) is 5.64. The average molecular weight is 290 g/mol. The molecule has 0 saturated carbocycles. The van der Waals surface area contributed by atoms with Crippen LogP contribution in [-0.4, -0.2) is 0 Å². The fraction of sp³-hybridized carbons (Fsp3) is 0.238. The molecule has 22 heavy (non-hydrogen) atoms. The number of para-hydroxylation sites is 1. The number of fused-ring (bicyclic) bond motifs is 1. The lowest BCUT2D eigenvalue weighted by Crippen LogP contribution is -1.91. The molecule has 0 fully saturated rings. The van der Waals surface area contributed by atoms with E-state index in [-0.39, 0.29) is 0 Å². The highest BCUT2D eigenvalue weighted by Gasteiger charge is 2.07. The van der Waals surface area contributed by atoms with E-state index in [9.17, 15) is 0 Å². The van der Waals surface area contributed by atoms with Crippen LogP contribution in [0.1, 0.15) is 31.7 Å². The van der Waals surface area contributed by atoms with Crippen molar-refractivity contribution in [2.75, 3.05) is 0 Å². The fourth-order valence-electron chi connectivity index (χ4n) is 2.82. The van der Waals surface area contributed by atoms with Gasteiger partial charge in [0.05, 0.1) is 0 Å². The third-order valence-electron chi connectivity index (χ3n) is 4.00. The van der Waals surface area contributed by atoms with Crippen LogP contribution in [0.2, 0.25) is 0 Å². The molecule has 112 valence electrons. The standard InChI is InChI=1S/C21H22O/c1-2-3-5-10-17-15-16-21(20-14-9-8-13-19(17)20)22-18-11-6-4-7-12-18/h4,6-9,11-16H,2-3,5,10H2,1H3. The zero-order valence-electron chi connectivity index (χ0n) is 13.1. The molecule has 0 bridgehead atoms. The van der Waals surface area contributed by atoms with Gasteiger partial charge in [-0.15, -0.1) is 0 Å². The Bertz CT molecular complexity index is 731. The van der Waals surface area contributed by atoms with Crippen LogP contribution in [0.15, 0.2) is 66.7 Å². The van der Waals surface area contributed by atoms with E-state index >= 15 is 0 Å². The van der Waals surface area contributed by atoms with Crippen molar-refractivity contribution in [3.05, 3.63) is 72.3 Å². The quantitative estimate of drug-likeness (QED) is 0.480. The monoisotopic (exact) mass is 290 g/mol. The summed E-state index contributed by atoms with van der Waals surface area (Å²) in [5.41, 5.74) is 1.42. The Hall–Kier alpha value is -2.28. The molecule has 3 aromatic rings. The third kappa shape index (κ3) is 3.30. The van der Waals surface area contributed by atoms with Gasteiger partial charge in [0.2, 0.25) is 0 Å². The molecule has 0 saturated heterocycles. The molecule has 0 heterocycles. The lowest BCUT2D eigenvalue weighted by Gasteiger charge is -2.12. The van der Waals surface area contributed by atoms with Gasteiger partial charge < -0.3 is 4.74 Å². The molecule has 0 aliphatic carbocycles. The minimum atomic E-state index is 0.881. The third-order valence-corrected chi connectivity index (χ3v) is 4.00. The van der Waals surface area contributed by atoms with Crippen LogP contribution < -0.4 is 4.74 Å². The summed E-state index contributed by atoms with van der Waals surface area (Å²) in [6.07, 6.45) is 4.93. The molecule has 3 rings (SSSR count). The van der Waals surface area contributed by atoms with Crippen molar-refractivity contribution in [3.8, 4) is 11.5 Å². The van der Waals surface area contributed by atoms with Crippen LogP contribution in [-0.2, 0) is 6.42 Å². The number of hydrogen-bond donors (Lipinski definition) is 0. The van der Waals surface area contributed by atoms with Gasteiger partial charge in [-0.2, -0.15) is 0 Å². The lowest BCUT2D eigenvalue weighted by atomic mass is 9.99. The van der Waals surface area contributed by atoms with Crippen LogP contribution >= 0.6 is 0 Å². The number of unbranched alkanes of at least 4 members (excludes halogenated alkanes) is 2. The van der Waals surface area contributed by atoms with E-state index in [0.717, 1.165) is 17.9 Å². The van der Waals surface area contributed by atoms with Crippen LogP contribution in [0.3, 0.4) is 0 Å². The summed E-state index contributed by atoms with van der Waals surface area (Å²) in [6, 6.07) is 22.8. The topological polar surface area (TPSA) is 9.23 Å². The van der Waals surface area contributed by atoms with Gasteiger partial charge in [0.1, 0.15) is 11.5 Å². The van der Waals surface area contributed by atoms with Crippen molar-refractivity contribution in [3.63, 3.8) is 0 Å². The van der Waals surface area contributed by atoms with E-state index in [1.807, 2.05) is 30.3 Å². The van der Waals surface area contributed by atoms with E-state index in [2.05, 4.69) is 43.3 Å². The number of ether oxygens (including phenoxy) is 1. The first-order valence-electron chi connectivity index (χ1n) is 8.12. The van der Waals surface area contributed by atoms with E-state index in [0.29, 0.717) is 0 Å². The van der Waals surface area contributed by atoms with Gasteiger partial charge in [-0.05, 0) is 42.0 Å². The predicted molar refractivity (Wildman–Crippen MR) is 93.7 cm³/mol. The molecule has 1 heteroatoms. The maximum atomic E-state index is 6.07. The van der Waals surface area contributed by atoms with E-state index in [4.69, 9.17) is 4.74 Å². The van der Waals surface area contributed by atoms with Crippen molar-refractivity contribution in [2.45, 2.75) is 32.6 Å². The molecule has 0 unspecified atom stereocenters. The van der Waals surface area contributed by atoms with Crippen LogP contribution in [0, 0.1) is 0 Å². The Morgan fingerprint density at radius 3 is 2.23 bits per heavy atom. The van der Waals surface area contributed by atoms with Gasteiger partial charge in [0, 0.05) is 5.39 Å². The molecule has 0 radical (unpaired) electrons. The van der Waals surface area contributed by atoms with Crippen molar-refractivity contribution in [1.82, 2.24) is 0 Å². The van der Waals surface area contributed by atoms with Crippen molar-refractivity contribution in [1.29, 1.82) is 0 Å². The Balaban J connectivity index is 1.94. The number of rotatable bonds is 6. The number of hydrogen-bond acceptors (Lipinski definition) is 1. The Morgan fingerprint density at radius 2 is 1.45 bits per heavy atom. The molecule has 0 aromatic heterocycles.